The quantitative estimate of drug-likeness (QED) is 0.882. The summed E-state index contributed by atoms with van der Waals surface area (Å²) in [7, 11) is 1.98. The van der Waals surface area contributed by atoms with Gasteiger partial charge in [-0.2, -0.15) is 0 Å². The molecule has 3 heteroatoms. The van der Waals surface area contributed by atoms with Gasteiger partial charge in [-0.1, -0.05) is 22.9 Å². The van der Waals surface area contributed by atoms with E-state index in [1.165, 1.54) is 37.9 Å². The molecule has 0 fully saturated rings. The largest absolute Gasteiger partial charge is 0.387 e. The van der Waals surface area contributed by atoms with Gasteiger partial charge in [-0.05, 0) is 49.9 Å². The second-order valence-electron chi connectivity index (χ2n) is 4.69. The second-order valence-corrected chi connectivity index (χ2v) is 5.48. The minimum Gasteiger partial charge on any atom is -0.387 e. The average molecular weight is 307 g/mol. The third-order valence-corrected chi connectivity index (χ3v) is 4.78. The minimum absolute atomic E-state index is 0.963. The summed E-state index contributed by atoms with van der Waals surface area (Å²) >= 11 is 3.67. The van der Waals surface area contributed by atoms with Crippen LogP contribution in [-0.4, -0.2) is 12.0 Å². The molecule has 0 saturated carbocycles. The van der Waals surface area contributed by atoms with E-state index < -0.39 is 0 Å². The van der Waals surface area contributed by atoms with Crippen molar-refractivity contribution in [1.82, 2.24) is 4.98 Å². The van der Waals surface area contributed by atoms with Gasteiger partial charge in [0, 0.05) is 28.3 Å². The van der Waals surface area contributed by atoms with E-state index in [-0.39, 0.29) is 0 Å². The third-order valence-electron chi connectivity index (χ3n) is 3.56. The van der Waals surface area contributed by atoms with E-state index in [1.54, 1.807) is 0 Å². The van der Waals surface area contributed by atoms with Crippen molar-refractivity contribution in [3.8, 4) is 0 Å². The molecule has 0 aliphatic rings. The number of rotatable bonds is 2. The summed E-state index contributed by atoms with van der Waals surface area (Å²) in [4.78, 5) is 4.80. The van der Waals surface area contributed by atoms with E-state index in [4.69, 9.17) is 4.98 Å². The molecule has 1 aromatic heterocycles. The highest BCUT2D eigenvalue weighted by Gasteiger charge is 2.14. The van der Waals surface area contributed by atoms with Crippen molar-refractivity contribution in [3.05, 3.63) is 32.9 Å². The predicted molar refractivity (Wildman–Crippen MR) is 82.6 cm³/mol. The molecule has 0 aliphatic heterocycles. The molecule has 96 valence electrons. The van der Waals surface area contributed by atoms with Gasteiger partial charge in [-0.25, -0.2) is 0 Å². The van der Waals surface area contributed by atoms with Gasteiger partial charge in [0.1, 0.15) is 0 Å². The second kappa shape index (κ2) is 4.88. The number of aryl methyl sites for hydroxylation is 3. The van der Waals surface area contributed by atoms with E-state index in [2.05, 4.69) is 55.0 Å². The highest BCUT2D eigenvalue weighted by atomic mass is 79.9. The van der Waals surface area contributed by atoms with Crippen LogP contribution in [0.5, 0.6) is 0 Å². The van der Waals surface area contributed by atoms with Gasteiger partial charge < -0.3 is 5.32 Å². The Morgan fingerprint density at radius 3 is 2.44 bits per heavy atom. The van der Waals surface area contributed by atoms with Crippen molar-refractivity contribution in [2.75, 3.05) is 12.4 Å². The zero-order valence-electron chi connectivity index (χ0n) is 11.6. The Morgan fingerprint density at radius 2 is 1.89 bits per heavy atom. The molecule has 0 atom stereocenters. The number of benzene rings is 1. The highest BCUT2D eigenvalue weighted by Crippen LogP contribution is 2.35. The number of fused-ring (bicyclic) bond motifs is 1. The molecular formula is C15H19BrN2. The molecule has 18 heavy (non-hydrogen) atoms. The Hall–Kier alpha value is -1.09. The molecule has 0 bridgehead atoms. The molecule has 0 aliphatic carbocycles. The number of nitrogens with one attached hydrogen (secondary N) is 1. The molecule has 0 amide bonds. The first-order chi connectivity index (χ1) is 8.51. The molecule has 0 spiro atoms. The Balaban J connectivity index is 2.98. The molecule has 1 aromatic carbocycles. The van der Waals surface area contributed by atoms with Gasteiger partial charge in [0.2, 0.25) is 0 Å². The number of hydrogen-bond acceptors (Lipinski definition) is 2. The Morgan fingerprint density at radius 1 is 1.22 bits per heavy atom. The minimum atomic E-state index is 0.963. The Bertz CT molecular complexity index is 618. The van der Waals surface area contributed by atoms with Crippen molar-refractivity contribution >= 4 is 32.5 Å². The first kappa shape index (κ1) is 13.3. The Labute approximate surface area is 117 Å². The summed E-state index contributed by atoms with van der Waals surface area (Å²) in [6, 6.07) is 2.16. The van der Waals surface area contributed by atoms with Gasteiger partial charge in [-0.3, -0.25) is 4.98 Å². The van der Waals surface area contributed by atoms with Gasteiger partial charge in [0.25, 0.3) is 0 Å². The van der Waals surface area contributed by atoms with Crippen LogP contribution in [0.25, 0.3) is 10.9 Å². The lowest BCUT2D eigenvalue weighted by atomic mass is 10.00. The van der Waals surface area contributed by atoms with Crippen molar-refractivity contribution in [2.24, 2.45) is 0 Å². The van der Waals surface area contributed by atoms with Crippen molar-refractivity contribution in [2.45, 2.75) is 34.1 Å². The standard InChI is InChI=1S/C15H19BrN2/c1-6-11-9(3)15(17-5)13-10(4)14(16)8(2)7-12(13)18-11/h7H,6H2,1-5H3,(H,17,18). The molecule has 2 nitrogen and oxygen atoms in total. The third kappa shape index (κ3) is 1.91. The normalized spacial score (nSPS) is 11.0. The summed E-state index contributed by atoms with van der Waals surface area (Å²) in [5, 5.41) is 4.57. The number of halogens is 1. The zero-order valence-corrected chi connectivity index (χ0v) is 13.2. The molecular weight excluding hydrogens is 288 g/mol. The maximum Gasteiger partial charge on any atom is 0.0732 e. The lowest BCUT2D eigenvalue weighted by Gasteiger charge is -2.17. The van der Waals surface area contributed by atoms with Crippen molar-refractivity contribution < 1.29 is 0 Å². The van der Waals surface area contributed by atoms with Crippen LogP contribution in [0.2, 0.25) is 0 Å². The van der Waals surface area contributed by atoms with Crippen LogP contribution < -0.4 is 5.32 Å². The molecule has 0 radical (unpaired) electrons. The van der Waals surface area contributed by atoms with Gasteiger partial charge >= 0.3 is 0 Å². The van der Waals surface area contributed by atoms with Crippen molar-refractivity contribution in [1.29, 1.82) is 0 Å². The van der Waals surface area contributed by atoms with E-state index in [1.807, 2.05) is 7.05 Å². The van der Waals surface area contributed by atoms with Crippen LogP contribution in [0.1, 0.15) is 29.3 Å². The van der Waals surface area contributed by atoms with Gasteiger partial charge in [-0.15, -0.1) is 0 Å². The molecule has 0 unspecified atom stereocenters. The first-order valence-electron chi connectivity index (χ1n) is 6.27. The Kier molecular flexibility index (Phi) is 3.62. The molecule has 0 saturated heterocycles. The van der Waals surface area contributed by atoms with Crippen LogP contribution in [0, 0.1) is 20.8 Å². The topological polar surface area (TPSA) is 24.9 Å². The van der Waals surface area contributed by atoms with E-state index >= 15 is 0 Å². The van der Waals surface area contributed by atoms with Gasteiger partial charge in [0.15, 0.2) is 0 Å². The summed E-state index contributed by atoms with van der Waals surface area (Å²) in [6.07, 6.45) is 0.963. The van der Waals surface area contributed by atoms with E-state index in [9.17, 15) is 0 Å². The lowest BCUT2D eigenvalue weighted by molar-refractivity contribution is 1.03. The summed E-state index contributed by atoms with van der Waals surface area (Å²) < 4.78 is 1.18. The maximum absolute atomic E-state index is 4.80. The first-order valence-corrected chi connectivity index (χ1v) is 7.07. The van der Waals surface area contributed by atoms with Crippen LogP contribution >= 0.6 is 15.9 Å². The fourth-order valence-electron chi connectivity index (χ4n) is 2.56. The average Bonchev–Trinajstić information content (AvgIpc) is 2.36. The molecule has 1 N–H and O–H groups in total. The molecule has 1 heterocycles. The van der Waals surface area contributed by atoms with E-state index in [0.717, 1.165) is 11.9 Å². The van der Waals surface area contributed by atoms with E-state index in [0.29, 0.717) is 0 Å². The number of hydrogen-bond donors (Lipinski definition) is 1. The van der Waals surface area contributed by atoms with Crippen LogP contribution in [0.3, 0.4) is 0 Å². The summed E-state index contributed by atoms with van der Waals surface area (Å²) in [6.45, 7) is 8.55. The maximum atomic E-state index is 4.80. The monoisotopic (exact) mass is 306 g/mol. The predicted octanol–water partition coefficient (Wildman–Crippen LogP) is 4.53. The molecule has 2 rings (SSSR count). The number of aromatic nitrogens is 1. The zero-order chi connectivity index (χ0) is 13.4. The number of nitrogens with zero attached hydrogens (tertiary/aromatic N) is 1. The smallest absolute Gasteiger partial charge is 0.0732 e. The number of pyridine rings is 1. The van der Waals surface area contributed by atoms with Crippen LogP contribution in [0.15, 0.2) is 10.5 Å². The van der Waals surface area contributed by atoms with Crippen molar-refractivity contribution in [3.63, 3.8) is 0 Å². The molecule has 2 aromatic rings. The summed E-state index contributed by atoms with van der Waals surface area (Å²) in [5.41, 5.74) is 7.21. The van der Waals surface area contributed by atoms with Gasteiger partial charge in [0.05, 0.1) is 5.52 Å². The SMILES string of the molecule is CCc1nc2cc(C)c(Br)c(C)c2c(NC)c1C. The fourth-order valence-corrected chi connectivity index (χ4v) is 2.87. The lowest BCUT2D eigenvalue weighted by Crippen LogP contribution is -2.02. The van der Waals surface area contributed by atoms with Crippen LogP contribution in [0.4, 0.5) is 5.69 Å². The summed E-state index contributed by atoms with van der Waals surface area (Å²) in [5.74, 6) is 0. The number of anilines is 1. The fraction of sp³-hybridized carbons (Fsp3) is 0.400. The highest BCUT2D eigenvalue weighted by molar-refractivity contribution is 9.10. The van der Waals surface area contributed by atoms with Crippen LogP contribution in [-0.2, 0) is 6.42 Å².